The van der Waals surface area contributed by atoms with Gasteiger partial charge in [0, 0.05) is 30.4 Å². The van der Waals surface area contributed by atoms with Gasteiger partial charge in [0.05, 0.1) is 5.56 Å². The van der Waals surface area contributed by atoms with Crippen LogP contribution < -0.4 is 4.90 Å². The van der Waals surface area contributed by atoms with E-state index in [1.807, 2.05) is 20.8 Å². The van der Waals surface area contributed by atoms with E-state index in [2.05, 4.69) is 21.8 Å². The number of cyclic esters (lactones) is 1. The van der Waals surface area contributed by atoms with Gasteiger partial charge < -0.3 is 4.74 Å². The van der Waals surface area contributed by atoms with E-state index in [4.69, 9.17) is 4.74 Å². The number of aromatic nitrogens is 2. The molecule has 6 heteroatoms. The number of anilines is 1. The largest absolute Gasteiger partial charge is 0.443 e. The number of carbonyl (C=O) groups excluding carboxylic acids is 1. The molecule has 1 atom stereocenters. The Bertz CT molecular complexity index is 836. The van der Waals surface area contributed by atoms with Gasteiger partial charge in [-0.1, -0.05) is 18.8 Å². The van der Waals surface area contributed by atoms with Crippen molar-refractivity contribution in [2.45, 2.75) is 26.4 Å². The number of nitrogens with zero attached hydrogens (tertiary/aromatic N) is 3. The Kier molecular flexibility index (Phi) is 4.41. The van der Waals surface area contributed by atoms with E-state index < -0.39 is 11.7 Å². The average molecular weight is 339 g/mol. The predicted octanol–water partition coefficient (Wildman–Crippen LogP) is 3.39. The summed E-state index contributed by atoms with van der Waals surface area (Å²) in [6.45, 7) is 6.29. The van der Waals surface area contributed by atoms with Crippen LogP contribution in [-0.2, 0) is 4.74 Å². The lowest BCUT2D eigenvalue weighted by Gasteiger charge is -2.40. The lowest BCUT2D eigenvalue weighted by Crippen LogP contribution is -2.52. The number of ether oxygens (including phenoxy) is 1. The molecule has 1 saturated heterocycles. The maximum Gasteiger partial charge on any atom is 0.417 e. The Morgan fingerprint density at radius 1 is 1.16 bits per heavy atom. The van der Waals surface area contributed by atoms with Gasteiger partial charge in [-0.3, -0.25) is 0 Å². The highest BCUT2D eigenvalue weighted by Gasteiger charge is 2.40. The van der Waals surface area contributed by atoms with Crippen LogP contribution in [0, 0.1) is 23.6 Å². The van der Waals surface area contributed by atoms with Crippen LogP contribution in [0.3, 0.4) is 0 Å². The lowest BCUT2D eigenvalue weighted by atomic mass is 9.91. The number of hydrogen-bond donors (Lipinski definition) is 0. The number of carbonyl (C=O) groups is 1. The fraction of sp³-hybridized carbons (Fsp3) is 0.316. The highest BCUT2D eigenvalue weighted by atomic mass is 19.1. The van der Waals surface area contributed by atoms with Crippen molar-refractivity contribution in [2.24, 2.45) is 5.92 Å². The van der Waals surface area contributed by atoms with Gasteiger partial charge in [-0.05, 0) is 38.1 Å². The van der Waals surface area contributed by atoms with Crippen molar-refractivity contribution in [3.63, 3.8) is 0 Å². The number of halogens is 1. The van der Waals surface area contributed by atoms with Crippen molar-refractivity contribution in [3.8, 4) is 11.8 Å². The molecule has 128 valence electrons. The van der Waals surface area contributed by atoms with Gasteiger partial charge in [0.1, 0.15) is 11.4 Å². The second-order valence-electron chi connectivity index (χ2n) is 6.51. The van der Waals surface area contributed by atoms with E-state index in [-0.39, 0.29) is 11.7 Å². The first kappa shape index (κ1) is 16.9. The summed E-state index contributed by atoms with van der Waals surface area (Å²) in [5, 5.41) is 0. The minimum Gasteiger partial charge on any atom is -0.443 e. The average Bonchev–Trinajstić information content (AvgIpc) is 2.58. The van der Waals surface area contributed by atoms with E-state index in [1.165, 1.54) is 17.0 Å². The molecule has 0 bridgehead atoms. The zero-order chi connectivity index (χ0) is 18.0. The number of amides is 1. The fourth-order valence-electron chi connectivity index (χ4n) is 2.31. The molecule has 0 saturated carbocycles. The summed E-state index contributed by atoms with van der Waals surface area (Å²) in [7, 11) is 0. The number of benzene rings is 1. The highest BCUT2D eigenvalue weighted by Crippen LogP contribution is 2.29. The SMILES string of the molecule is CC1CN(c2ncc(C#Cc3ccc(F)cc3)cn2)C(=O)OC1(C)C. The lowest BCUT2D eigenvalue weighted by molar-refractivity contribution is -0.0127. The molecule has 25 heavy (non-hydrogen) atoms. The normalized spacial score (nSPS) is 19.0. The van der Waals surface area contributed by atoms with E-state index in [9.17, 15) is 9.18 Å². The molecule has 5 nitrogen and oxygen atoms in total. The van der Waals surface area contributed by atoms with Gasteiger partial charge in [0.15, 0.2) is 0 Å². The maximum absolute atomic E-state index is 12.9. The molecular formula is C19H18FN3O2. The van der Waals surface area contributed by atoms with Crippen molar-refractivity contribution < 1.29 is 13.9 Å². The Balaban J connectivity index is 1.75. The standard InChI is InChI=1S/C19H18FN3O2/c1-13-12-23(18(24)25-19(13,2)3)17-21-10-15(11-22-17)5-4-14-6-8-16(20)9-7-14/h6-11,13H,12H2,1-3H3. The minimum absolute atomic E-state index is 0.145. The van der Waals surface area contributed by atoms with Crippen LogP contribution in [0.25, 0.3) is 0 Å². The molecule has 0 aliphatic carbocycles. The molecule has 1 fully saturated rings. The molecule has 3 rings (SSSR count). The third-order valence-corrected chi connectivity index (χ3v) is 4.29. The van der Waals surface area contributed by atoms with Crippen LogP contribution in [0.2, 0.25) is 0 Å². The molecule has 1 amide bonds. The first-order valence-corrected chi connectivity index (χ1v) is 7.95. The fourth-order valence-corrected chi connectivity index (χ4v) is 2.31. The summed E-state index contributed by atoms with van der Waals surface area (Å²) < 4.78 is 18.3. The summed E-state index contributed by atoms with van der Waals surface area (Å²) >= 11 is 0. The molecule has 0 radical (unpaired) electrons. The Morgan fingerprint density at radius 3 is 2.40 bits per heavy atom. The van der Waals surface area contributed by atoms with Crippen molar-refractivity contribution in [2.75, 3.05) is 11.4 Å². The van der Waals surface area contributed by atoms with Crippen LogP contribution in [0.15, 0.2) is 36.7 Å². The van der Waals surface area contributed by atoms with Crippen molar-refractivity contribution in [1.82, 2.24) is 9.97 Å². The summed E-state index contributed by atoms with van der Waals surface area (Å²) in [6.07, 6.45) is 2.65. The topological polar surface area (TPSA) is 55.3 Å². The Morgan fingerprint density at radius 2 is 1.76 bits per heavy atom. The highest BCUT2D eigenvalue weighted by molar-refractivity contribution is 5.86. The van der Waals surface area contributed by atoms with Crippen LogP contribution in [0.1, 0.15) is 31.9 Å². The molecular weight excluding hydrogens is 321 g/mol. The van der Waals surface area contributed by atoms with Gasteiger partial charge in [-0.2, -0.15) is 0 Å². The Labute approximate surface area is 145 Å². The molecule has 1 unspecified atom stereocenters. The molecule has 1 aromatic carbocycles. The third-order valence-electron chi connectivity index (χ3n) is 4.29. The molecule has 1 aliphatic heterocycles. The van der Waals surface area contributed by atoms with Gasteiger partial charge >= 0.3 is 6.09 Å². The first-order valence-electron chi connectivity index (χ1n) is 7.95. The molecule has 0 spiro atoms. The molecule has 1 aromatic heterocycles. The molecule has 2 aromatic rings. The van der Waals surface area contributed by atoms with Crippen LogP contribution in [0.4, 0.5) is 15.1 Å². The van der Waals surface area contributed by atoms with Crippen LogP contribution in [0.5, 0.6) is 0 Å². The zero-order valence-corrected chi connectivity index (χ0v) is 14.3. The first-order chi connectivity index (χ1) is 11.8. The smallest absolute Gasteiger partial charge is 0.417 e. The van der Waals surface area contributed by atoms with Gasteiger partial charge in [0.2, 0.25) is 5.95 Å². The second kappa shape index (κ2) is 6.52. The van der Waals surface area contributed by atoms with Crippen molar-refractivity contribution >= 4 is 12.0 Å². The Hall–Kier alpha value is -2.94. The second-order valence-corrected chi connectivity index (χ2v) is 6.51. The van der Waals surface area contributed by atoms with Crippen molar-refractivity contribution in [3.05, 3.63) is 53.6 Å². The van der Waals surface area contributed by atoms with Crippen LogP contribution >= 0.6 is 0 Å². The number of hydrogen-bond acceptors (Lipinski definition) is 4. The van der Waals surface area contributed by atoms with Gasteiger partial charge in [0.25, 0.3) is 0 Å². The van der Waals surface area contributed by atoms with Gasteiger partial charge in [-0.15, -0.1) is 0 Å². The molecule has 2 heterocycles. The minimum atomic E-state index is -0.506. The predicted molar refractivity (Wildman–Crippen MR) is 91.5 cm³/mol. The van der Waals surface area contributed by atoms with E-state index in [0.717, 1.165) is 0 Å². The summed E-state index contributed by atoms with van der Waals surface area (Å²) in [4.78, 5) is 22.0. The molecule has 0 N–H and O–H groups in total. The van der Waals surface area contributed by atoms with E-state index >= 15 is 0 Å². The van der Waals surface area contributed by atoms with E-state index in [1.54, 1.807) is 24.5 Å². The van der Waals surface area contributed by atoms with Gasteiger partial charge in [-0.25, -0.2) is 24.1 Å². The summed E-state index contributed by atoms with van der Waals surface area (Å²) in [6, 6.07) is 5.91. The maximum atomic E-state index is 12.9. The van der Waals surface area contributed by atoms with E-state index in [0.29, 0.717) is 23.6 Å². The summed E-state index contributed by atoms with van der Waals surface area (Å²) in [5.41, 5.74) is 0.793. The summed E-state index contributed by atoms with van der Waals surface area (Å²) in [5.74, 6) is 5.96. The zero-order valence-electron chi connectivity index (χ0n) is 14.3. The van der Waals surface area contributed by atoms with Crippen LogP contribution in [-0.4, -0.2) is 28.2 Å². The van der Waals surface area contributed by atoms with Crippen molar-refractivity contribution in [1.29, 1.82) is 0 Å². The third kappa shape index (κ3) is 3.77. The number of rotatable bonds is 1. The molecule has 1 aliphatic rings. The monoisotopic (exact) mass is 339 g/mol. The quantitative estimate of drug-likeness (QED) is 0.748.